The molecule has 0 heterocycles. The quantitative estimate of drug-likeness (QED) is 0.0200. The molecule has 6 heteroatoms. The van der Waals surface area contributed by atoms with E-state index in [1.54, 1.807) is 0 Å². The smallest absolute Gasteiger partial charge is 0.306 e. The van der Waals surface area contributed by atoms with Crippen LogP contribution in [-0.4, -0.2) is 37.2 Å². The van der Waals surface area contributed by atoms with E-state index in [0.29, 0.717) is 19.3 Å². The molecule has 0 aliphatic heterocycles. The van der Waals surface area contributed by atoms with Crippen LogP contribution >= 0.6 is 0 Å². The first-order chi connectivity index (χ1) is 29.0. The van der Waals surface area contributed by atoms with Crippen molar-refractivity contribution in [1.82, 2.24) is 0 Å². The summed E-state index contributed by atoms with van der Waals surface area (Å²) in [5.41, 5.74) is 0. The molecule has 1 unspecified atom stereocenters. The van der Waals surface area contributed by atoms with E-state index in [0.717, 1.165) is 96.3 Å². The van der Waals surface area contributed by atoms with Gasteiger partial charge in [0.05, 0.1) is 0 Å². The lowest BCUT2D eigenvalue weighted by atomic mass is 10.1. The van der Waals surface area contributed by atoms with Gasteiger partial charge in [-0.2, -0.15) is 0 Å². The summed E-state index contributed by atoms with van der Waals surface area (Å²) in [6, 6.07) is 0. The third-order valence-corrected chi connectivity index (χ3v) is 10.5. The van der Waals surface area contributed by atoms with Gasteiger partial charge < -0.3 is 14.2 Å². The molecule has 0 saturated heterocycles. The van der Waals surface area contributed by atoms with Gasteiger partial charge >= 0.3 is 17.9 Å². The Bertz CT molecular complexity index is 1090. The van der Waals surface area contributed by atoms with E-state index < -0.39 is 6.10 Å². The van der Waals surface area contributed by atoms with Crippen LogP contribution in [0.15, 0.2) is 60.8 Å². The van der Waals surface area contributed by atoms with Crippen LogP contribution in [0.25, 0.3) is 0 Å². The summed E-state index contributed by atoms with van der Waals surface area (Å²) in [6.45, 7) is 6.45. The molecule has 0 aromatic carbocycles. The molecule has 6 nitrogen and oxygen atoms in total. The van der Waals surface area contributed by atoms with Crippen LogP contribution in [0, 0.1) is 0 Å². The van der Waals surface area contributed by atoms with Gasteiger partial charge in [-0.3, -0.25) is 14.4 Å². The number of carbonyl (C=O) groups is 3. The van der Waals surface area contributed by atoms with E-state index in [4.69, 9.17) is 14.2 Å². The van der Waals surface area contributed by atoms with Crippen molar-refractivity contribution >= 4 is 17.9 Å². The number of ether oxygens (including phenoxy) is 3. The van der Waals surface area contributed by atoms with Gasteiger partial charge in [0.1, 0.15) is 13.2 Å². The standard InChI is InChI=1S/C53H92O6/c1-4-7-10-13-16-19-22-24-26-27-29-31-34-37-40-43-46-52(55)58-49-50(48-57-51(54)45-42-39-36-33-30-21-18-15-12-9-6-3)59-53(56)47-44-41-38-35-32-28-25-23-20-17-14-11-8-5-2/h8,11,15,17-18,20,26-27,29,31,50H,4-7,9-10,12-14,16,19,21-25,28,30,32-49H2,1-3H3/b11-8-,18-15-,20-17-,27-26-,31-29-. The van der Waals surface area contributed by atoms with Crippen molar-refractivity contribution in [1.29, 1.82) is 0 Å². The summed E-state index contributed by atoms with van der Waals surface area (Å²) in [4.78, 5) is 37.9. The van der Waals surface area contributed by atoms with Crippen LogP contribution < -0.4 is 0 Å². The zero-order valence-electron chi connectivity index (χ0n) is 38.8. The van der Waals surface area contributed by atoms with E-state index in [1.807, 2.05) is 0 Å². The van der Waals surface area contributed by atoms with Crippen LogP contribution in [-0.2, 0) is 28.6 Å². The summed E-state index contributed by atoms with van der Waals surface area (Å²) in [6.07, 6.45) is 57.7. The molecular formula is C53H92O6. The number of hydrogen-bond donors (Lipinski definition) is 0. The maximum atomic E-state index is 12.8. The largest absolute Gasteiger partial charge is 0.462 e. The predicted octanol–water partition coefficient (Wildman–Crippen LogP) is 16.1. The molecule has 59 heavy (non-hydrogen) atoms. The maximum Gasteiger partial charge on any atom is 0.306 e. The maximum absolute atomic E-state index is 12.8. The zero-order valence-corrected chi connectivity index (χ0v) is 38.8. The number of unbranched alkanes of at least 4 members (excludes halogenated alkanes) is 24. The van der Waals surface area contributed by atoms with E-state index >= 15 is 0 Å². The van der Waals surface area contributed by atoms with Gasteiger partial charge in [0.2, 0.25) is 0 Å². The summed E-state index contributed by atoms with van der Waals surface area (Å²) in [7, 11) is 0. The third-order valence-electron chi connectivity index (χ3n) is 10.5. The SMILES string of the molecule is CC/C=C\C/C=C\CCCCCCCCCC(=O)OC(COC(=O)CCCCC/C=C\C=C/CCCCCCCCC)COC(=O)CCCCCCC/C=C\CCCC. The summed E-state index contributed by atoms with van der Waals surface area (Å²) < 4.78 is 16.7. The van der Waals surface area contributed by atoms with Gasteiger partial charge in [-0.25, -0.2) is 0 Å². The molecule has 0 N–H and O–H groups in total. The van der Waals surface area contributed by atoms with Gasteiger partial charge in [0.15, 0.2) is 6.10 Å². The number of rotatable bonds is 44. The summed E-state index contributed by atoms with van der Waals surface area (Å²) >= 11 is 0. The minimum absolute atomic E-state index is 0.0906. The van der Waals surface area contributed by atoms with E-state index in [2.05, 4.69) is 81.5 Å². The molecule has 0 radical (unpaired) electrons. The van der Waals surface area contributed by atoms with Crippen molar-refractivity contribution < 1.29 is 28.6 Å². The fourth-order valence-corrected chi connectivity index (χ4v) is 6.74. The van der Waals surface area contributed by atoms with Gasteiger partial charge in [-0.15, -0.1) is 0 Å². The molecule has 340 valence electrons. The van der Waals surface area contributed by atoms with Crippen LogP contribution in [0.3, 0.4) is 0 Å². The second-order valence-corrected chi connectivity index (χ2v) is 16.4. The fraction of sp³-hybridized carbons (Fsp3) is 0.755. The number of carbonyl (C=O) groups excluding carboxylic acids is 3. The Morgan fingerprint density at radius 2 is 0.729 bits per heavy atom. The lowest BCUT2D eigenvalue weighted by Gasteiger charge is -2.18. The molecule has 0 bridgehead atoms. The lowest BCUT2D eigenvalue weighted by molar-refractivity contribution is -0.167. The summed E-state index contributed by atoms with van der Waals surface area (Å²) in [5.74, 6) is -0.935. The van der Waals surface area contributed by atoms with Crippen molar-refractivity contribution in [2.45, 2.75) is 245 Å². The molecule has 0 fully saturated rings. The highest BCUT2D eigenvalue weighted by atomic mass is 16.6. The molecule has 0 saturated carbocycles. The van der Waals surface area contributed by atoms with Crippen LogP contribution in [0.5, 0.6) is 0 Å². The Balaban J connectivity index is 4.43. The minimum Gasteiger partial charge on any atom is -0.462 e. The normalized spacial score (nSPS) is 12.5. The first kappa shape index (κ1) is 56.1. The molecule has 0 rings (SSSR count). The minimum atomic E-state index is -0.790. The molecule has 0 aliphatic carbocycles. The second-order valence-electron chi connectivity index (χ2n) is 16.4. The predicted molar refractivity (Wildman–Crippen MR) is 251 cm³/mol. The average Bonchev–Trinajstić information content (AvgIpc) is 3.23. The number of allylic oxidation sites excluding steroid dienone is 10. The Kier molecular flexibility index (Phi) is 45.4. The van der Waals surface area contributed by atoms with Gasteiger partial charge in [-0.1, -0.05) is 191 Å². The van der Waals surface area contributed by atoms with Crippen molar-refractivity contribution in [3.63, 3.8) is 0 Å². The van der Waals surface area contributed by atoms with Crippen LogP contribution in [0.2, 0.25) is 0 Å². The first-order valence-electron chi connectivity index (χ1n) is 24.8. The molecular weight excluding hydrogens is 733 g/mol. The molecule has 0 amide bonds. The van der Waals surface area contributed by atoms with Crippen LogP contribution in [0.1, 0.15) is 239 Å². The van der Waals surface area contributed by atoms with Crippen molar-refractivity contribution in [3.05, 3.63) is 60.8 Å². The van der Waals surface area contributed by atoms with Crippen molar-refractivity contribution in [3.8, 4) is 0 Å². The Morgan fingerprint density at radius 1 is 0.373 bits per heavy atom. The molecule has 0 spiro atoms. The molecule has 1 atom stereocenters. The highest BCUT2D eigenvalue weighted by Crippen LogP contribution is 2.14. The fourth-order valence-electron chi connectivity index (χ4n) is 6.74. The molecule has 0 aromatic heterocycles. The first-order valence-corrected chi connectivity index (χ1v) is 24.8. The van der Waals surface area contributed by atoms with E-state index in [1.165, 1.54) is 103 Å². The Labute approximate surface area is 364 Å². The van der Waals surface area contributed by atoms with Gasteiger partial charge in [0, 0.05) is 19.3 Å². The zero-order chi connectivity index (χ0) is 43.0. The van der Waals surface area contributed by atoms with Crippen LogP contribution in [0.4, 0.5) is 0 Å². The lowest BCUT2D eigenvalue weighted by Crippen LogP contribution is -2.30. The van der Waals surface area contributed by atoms with Gasteiger partial charge in [0.25, 0.3) is 0 Å². The highest BCUT2D eigenvalue weighted by Gasteiger charge is 2.19. The van der Waals surface area contributed by atoms with Gasteiger partial charge in [-0.05, 0) is 89.9 Å². The number of hydrogen-bond acceptors (Lipinski definition) is 6. The third kappa shape index (κ3) is 46.0. The number of esters is 3. The average molecular weight is 825 g/mol. The Morgan fingerprint density at radius 3 is 1.20 bits per heavy atom. The molecule has 0 aromatic rings. The van der Waals surface area contributed by atoms with E-state index in [9.17, 15) is 14.4 Å². The monoisotopic (exact) mass is 825 g/mol. The van der Waals surface area contributed by atoms with Crippen molar-refractivity contribution in [2.24, 2.45) is 0 Å². The van der Waals surface area contributed by atoms with Crippen molar-refractivity contribution in [2.75, 3.05) is 13.2 Å². The summed E-state index contributed by atoms with van der Waals surface area (Å²) in [5, 5.41) is 0. The highest BCUT2D eigenvalue weighted by molar-refractivity contribution is 5.71. The van der Waals surface area contributed by atoms with E-state index in [-0.39, 0.29) is 31.1 Å². The Hall–Kier alpha value is -2.89. The molecule has 0 aliphatic rings. The topological polar surface area (TPSA) is 78.9 Å². The second kappa shape index (κ2) is 47.8.